The van der Waals surface area contributed by atoms with Crippen LogP contribution in [0.1, 0.15) is 22.8 Å². The Bertz CT molecular complexity index is 977. The summed E-state index contributed by atoms with van der Waals surface area (Å²) in [5.74, 6) is 0.0782. The zero-order chi connectivity index (χ0) is 17.4. The number of rotatable bonds is 4. The smallest absolute Gasteiger partial charge is 0.228 e. The predicted molar refractivity (Wildman–Crippen MR) is 99.6 cm³/mol. The van der Waals surface area contributed by atoms with Gasteiger partial charge >= 0.3 is 0 Å². The molecule has 3 aromatic rings. The quantitative estimate of drug-likeness (QED) is 0.691. The van der Waals surface area contributed by atoms with Crippen molar-refractivity contribution >= 4 is 39.5 Å². The number of nitrogens with one attached hydrogen (secondary N) is 2. The van der Waals surface area contributed by atoms with Gasteiger partial charge in [-0.3, -0.25) is 9.59 Å². The number of thiazole rings is 1. The van der Waals surface area contributed by atoms with Crippen LogP contribution in [0.5, 0.6) is 0 Å². The number of fused-ring (bicyclic) bond motifs is 1. The summed E-state index contributed by atoms with van der Waals surface area (Å²) in [5.41, 5.74) is 5.32. The summed E-state index contributed by atoms with van der Waals surface area (Å²) in [5, 5.41) is 8.84. The van der Waals surface area contributed by atoms with Crippen molar-refractivity contribution in [2.75, 3.05) is 10.6 Å². The van der Waals surface area contributed by atoms with Crippen LogP contribution in [0.15, 0.2) is 47.8 Å². The number of anilines is 3. The van der Waals surface area contributed by atoms with Crippen LogP contribution in [0.4, 0.5) is 16.5 Å². The Balaban J connectivity index is 1.53. The zero-order valence-electron chi connectivity index (χ0n) is 13.5. The molecular formula is C19H15N3O2S. The maximum absolute atomic E-state index is 11.5. The molecule has 2 heterocycles. The van der Waals surface area contributed by atoms with Crippen molar-refractivity contribution in [3.05, 3.63) is 59.0 Å². The standard InChI is InChI=1S/C19H15N3O2S/c1-11(23)12-2-5-15(6-3-12)20-19-22-17(10-25-19)13-4-7-16-14(8-13)9-18(24)21-16/h2-8,10H,9H2,1H3,(H,20,22)(H,21,24). The molecule has 0 aliphatic carbocycles. The molecule has 0 saturated carbocycles. The summed E-state index contributed by atoms with van der Waals surface area (Å²) in [6.45, 7) is 1.55. The Kier molecular flexibility index (Phi) is 3.82. The second-order valence-electron chi connectivity index (χ2n) is 5.89. The summed E-state index contributed by atoms with van der Waals surface area (Å²) in [6.07, 6.45) is 0.418. The van der Waals surface area contributed by atoms with Crippen molar-refractivity contribution in [2.45, 2.75) is 13.3 Å². The van der Waals surface area contributed by atoms with Gasteiger partial charge in [-0.1, -0.05) is 6.07 Å². The van der Waals surface area contributed by atoms with E-state index in [-0.39, 0.29) is 11.7 Å². The van der Waals surface area contributed by atoms with Gasteiger partial charge in [0.25, 0.3) is 0 Å². The van der Waals surface area contributed by atoms with Gasteiger partial charge in [0, 0.05) is 27.9 Å². The molecular weight excluding hydrogens is 334 g/mol. The third-order valence-electron chi connectivity index (χ3n) is 4.07. The van der Waals surface area contributed by atoms with Crippen molar-refractivity contribution in [3.63, 3.8) is 0 Å². The van der Waals surface area contributed by atoms with Gasteiger partial charge in [0.15, 0.2) is 10.9 Å². The van der Waals surface area contributed by atoms with Crippen molar-refractivity contribution in [3.8, 4) is 11.3 Å². The van der Waals surface area contributed by atoms with E-state index < -0.39 is 0 Å². The summed E-state index contributed by atoms with van der Waals surface area (Å²) in [7, 11) is 0. The molecule has 0 bridgehead atoms. The Hall–Kier alpha value is -2.99. The highest BCUT2D eigenvalue weighted by molar-refractivity contribution is 7.14. The lowest BCUT2D eigenvalue weighted by atomic mass is 10.1. The first kappa shape index (κ1) is 15.5. The third kappa shape index (κ3) is 3.16. The molecule has 124 valence electrons. The van der Waals surface area contributed by atoms with Crippen molar-refractivity contribution < 1.29 is 9.59 Å². The van der Waals surface area contributed by atoms with Gasteiger partial charge in [-0.15, -0.1) is 11.3 Å². The summed E-state index contributed by atoms with van der Waals surface area (Å²) >= 11 is 1.51. The molecule has 0 fully saturated rings. The third-order valence-corrected chi connectivity index (χ3v) is 4.83. The topological polar surface area (TPSA) is 71.1 Å². The molecule has 1 aliphatic heterocycles. The first-order valence-electron chi connectivity index (χ1n) is 7.85. The second-order valence-corrected chi connectivity index (χ2v) is 6.75. The van der Waals surface area contributed by atoms with E-state index in [0.717, 1.165) is 33.3 Å². The van der Waals surface area contributed by atoms with E-state index in [1.54, 1.807) is 19.1 Å². The lowest BCUT2D eigenvalue weighted by Crippen LogP contribution is -2.03. The fourth-order valence-electron chi connectivity index (χ4n) is 2.76. The fourth-order valence-corrected chi connectivity index (χ4v) is 3.50. The van der Waals surface area contributed by atoms with Crippen molar-refractivity contribution in [1.29, 1.82) is 0 Å². The Morgan fingerprint density at radius 3 is 2.76 bits per heavy atom. The van der Waals surface area contributed by atoms with Crippen LogP contribution >= 0.6 is 11.3 Å². The lowest BCUT2D eigenvalue weighted by molar-refractivity contribution is -0.115. The van der Waals surface area contributed by atoms with Gasteiger partial charge in [-0.05, 0) is 48.9 Å². The molecule has 4 rings (SSSR count). The molecule has 25 heavy (non-hydrogen) atoms. The molecule has 0 radical (unpaired) electrons. The molecule has 1 aromatic heterocycles. The average molecular weight is 349 g/mol. The van der Waals surface area contributed by atoms with Gasteiger partial charge in [-0.2, -0.15) is 0 Å². The van der Waals surface area contributed by atoms with E-state index in [9.17, 15) is 9.59 Å². The number of ketones is 1. The van der Waals surface area contributed by atoms with Gasteiger partial charge in [0.1, 0.15) is 0 Å². The number of benzene rings is 2. The lowest BCUT2D eigenvalue weighted by Gasteiger charge is -2.03. The van der Waals surface area contributed by atoms with E-state index in [4.69, 9.17) is 0 Å². The van der Waals surface area contributed by atoms with E-state index >= 15 is 0 Å². The molecule has 1 aliphatic rings. The normalized spacial score (nSPS) is 12.6. The SMILES string of the molecule is CC(=O)c1ccc(Nc2nc(-c3ccc4c(c3)CC(=O)N4)cs2)cc1. The van der Waals surface area contributed by atoms with Crippen LogP contribution in [0.2, 0.25) is 0 Å². The number of aromatic nitrogens is 1. The van der Waals surface area contributed by atoms with Gasteiger partial charge in [0.05, 0.1) is 12.1 Å². The number of carbonyl (C=O) groups is 2. The van der Waals surface area contributed by atoms with Crippen LogP contribution in [0.3, 0.4) is 0 Å². The second kappa shape index (κ2) is 6.14. The molecule has 2 N–H and O–H groups in total. The minimum absolute atomic E-state index is 0.0294. The fraction of sp³-hybridized carbons (Fsp3) is 0.105. The van der Waals surface area contributed by atoms with Crippen molar-refractivity contribution in [2.24, 2.45) is 0 Å². The van der Waals surface area contributed by atoms with Crippen LogP contribution in [0, 0.1) is 0 Å². The average Bonchev–Trinajstić information content (AvgIpc) is 3.20. The van der Waals surface area contributed by atoms with Crippen LogP contribution in [-0.4, -0.2) is 16.7 Å². The van der Waals surface area contributed by atoms with Gasteiger partial charge in [-0.25, -0.2) is 4.98 Å². The van der Waals surface area contributed by atoms with Gasteiger partial charge < -0.3 is 10.6 Å². The monoisotopic (exact) mass is 349 g/mol. The van der Waals surface area contributed by atoms with Crippen molar-refractivity contribution in [1.82, 2.24) is 4.98 Å². The minimum atomic E-state index is 0.0294. The number of amides is 1. The predicted octanol–water partition coefficient (Wildman–Crippen LogP) is 4.25. The summed E-state index contributed by atoms with van der Waals surface area (Å²) < 4.78 is 0. The number of hydrogen-bond donors (Lipinski definition) is 2. The van der Waals surface area contributed by atoms with E-state index in [0.29, 0.717) is 12.0 Å². The van der Waals surface area contributed by atoms with E-state index in [1.807, 2.05) is 35.7 Å². The molecule has 0 unspecified atom stereocenters. The molecule has 0 saturated heterocycles. The largest absolute Gasteiger partial charge is 0.332 e. The highest BCUT2D eigenvalue weighted by Gasteiger charge is 2.18. The minimum Gasteiger partial charge on any atom is -0.332 e. The highest BCUT2D eigenvalue weighted by atomic mass is 32.1. The first-order chi connectivity index (χ1) is 12.1. The summed E-state index contributed by atoms with van der Waals surface area (Å²) in [6, 6.07) is 13.2. The molecule has 6 heteroatoms. The molecule has 5 nitrogen and oxygen atoms in total. The Labute approximate surface area is 148 Å². The molecule has 2 aromatic carbocycles. The molecule has 1 amide bonds. The van der Waals surface area contributed by atoms with Crippen LogP contribution < -0.4 is 10.6 Å². The van der Waals surface area contributed by atoms with Gasteiger partial charge in [0.2, 0.25) is 5.91 Å². The number of nitrogens with zero attached hydrogens (tertiary/aromatic N) is 1. The number of hydrogen-bond acceptors (Lipinski definition) is 5. The molecule has 0 spiro atoms. The van der Waals surface area contributed by atoms with Crippen LogP contribution in [-0.2, 0) is 11.2 Å². The summed E-state index contributed by atoms with van der Waals surface area (Å²) in [4.78, 5) is 27.4. The molecule has 0 atom stereocenters. The highest BCUT2D eigenvalue weighted by Crippen LogP contribution is 2.31. The maximum Gasteiger partial charge on any atom is 0.228 e. The maximum atomic E-state index is 11.5. The Morgan fingerprint density at radius 1 is 1.20 bits per heavy atom. The van der Waals surface area contributed by atoms with Crippen LogP contribution in [0.25, 0.3) is 11.3 Å². The first-order valence-corrected chi connectivity index (χ1v) is 8.73. The zero-order valence-corrected chi connectivity index (χ0v) is 14.3. The van der Waals surface area contributed by atoms with E-state index in [1.165, 1.54) is 11.3 Å². The Morgan fingerprint density at radius 2 is 2.00 bits per heavy atom. The number of carbonyl (C=O) groups excluding carboxylic acids is 2. The number of Topliss-reactive ketones (excluding diaryl/α,β-unsaturated/α-hetero) is 1. The van der Waals surface area contributed by atoms with E-state index in [2.05, 4.69) is 15.6 Å².